The number of para-hydroxylation sites is 1. The maximum Gasteiger partial charge on any atom is 0.436 e. The molecule has 3 N–H and O–H groups in total. The minimum Gasteiger partial charge on any atom is -0.363 e. The zero-order valence-corrected chi connectivity index (χ0v) is 11.1. The largest absolute Gasteiger partial charge is 0.436 e. The van der Waals surface area contributed by atoms with E-state index in [1.165, 1.54) is 0 Å². The summed E-state index contributed by atoms with van der Waals surface area (Å²) in [5, 5.41) is 12.0. The zero-order chi connectivity index (χ0) is 15.4. The van der Waals surface area contributed by atoms with E-state index in [9.17, 15) is 23.1 Å². The first-order valence-electron chi connectivity index (χ1n) is 6.41. The van der Waals surface area contributed by atoms with Crippen LogP contribution in [0.3, 0.4) is 0 Å². The number of alkyl halides is 3. The molecule has 21 heavy (non-hydrogen) atoms. The number of fused-ring (bicyclic) bond motifs is 1. The molecule has 4 nitrogen and oxygen atoms in total. The van der Waals surface area contributed by atoms with Crippen LogP contribution in [0.15, 0.2) is 24.3 Å². The summed E-state index contributed by atoms with van der Waals surface area (Å²) in [6.45, 7) is 1.70. The van der Waals surface area contributed by atoms with E-state index in [1.54, 1.807) is 36.5 Å². The number of aromatic amines is 1. The number of amides is 1. The van der Waals surface area contributed by atoms with Crippen LogP contribution in [-0.2, 0) is 4.79 Å². The van der Waals surface area contributed by atoms with Crippen molar-refractivity contribution in [1.82, 2.24) is 10.3 Å². The van der Waals surface area contributed by atoms with Crippen LogP contribution in [0.1, 0.15) is 23.6 Å². The highest BCUT2D eigenvalue weighted by atomic mass is 19.4. The maximum absolute atomic E-state index is 12.9. The molecule has 3 rings (SSSR count). The molecular formula is C14H13F3N2O2. The number of hydrogen-bond donors (Lipinski definition) is 3. The van der Waals surface area contributed by atoms with Gasteiger partial charge in [-0.25, -0.2) is 0 Å². The van der Waals surface area contributed by atoms with Gasteiger partial charge in [0.05, 0.1) is 5.92 Å². The number of aliphatic hydroxyl groups is 1. The van der Waals surface area contributed by atoms with Gasteiger partial charge in [-0.05, 0) is 18.6 Å². The van der Waals surface area contributed by atoms with Crippen molar-refractivity contribution >= 4 is 16.8 Å². The Labute approximate surface area is 118 Å². The lowest BCUT2D eigenvalue weighted by Gasteiger charge is -2.25. The number of rotatable bonds is 1. The molecule has 1 aliphatic rings. The van der Waals surface area contributed by atoms with E-state index in [-0.39, 0.29) is 0 Å². The Morgan fingerprint density at radius 1 is 1.33 bits per heavy atom. The quantitative estimate of drug-likeness (QED) is 0.756. The van der Waals surface area contributed by atoms with Gasteiger partial charge in [0.15, 0.2) is 0 Å². The molecule has 0 saturated carbocycles. The van der Waals surface area contributed by atoms with Crippen LogP contribution >= 0.6 is 0 Å². The molecule has 1 amide bonds. The molecule has 0 radical (unpaired) electrons. The van der Waals surface area contributed by atoms with Gasteiger partial charge >= 0.3 is 6.18 Å². The van der Waals surface area contributed by atoms with Gasteiger partial charge in [-0.2, -0.15) is 13.2 Å². The number of H-pyrrole nitrogens is 1. The number of nitrogens with one attached hydrogen (secondary N) is 2. The summed E-state index contributed by atoms with van der Waals surface area (Å²) in [6.07, 6.45) is -5.63. The van der Waals surface area contributed by atoms with Gasteiger partial charge in [-0.3, -0.25) is 4.79 Å². The summed E-state index contributed by atoms with van der Waals surface area (Å²) < 4.78 is 38.6. The third kappa shape index (κ3) is 1.99. The van der Waals surface area contributed by atoms with Gasteiger partial charge in [-0.1, -0.05) is 18.2 Å². The summed E-state index contributed by atoms with van der Waals surface area (Å²) >= 11 is 0. The van der Waals surface area contributed by atoms with Crippen LogP contribution in [0.2, 0.25) is 0 Å². The molecule has 1 fully saturated rings. The number of carbonyl (C=O) groups is 1. The number of benzene rings is 1. The van der Waals surface area contributed by atoms with Crippen molar-refractivity contribution in [2.24, 2.45) is 0 Å². The molecular weight excluding hydrogens is 285 g/mol. The van der Waals surface area contributed by atoms with Crippen molar-refractivity contribution in [3.05, 3.63) is 35.5 Å². The fraction of sp³-hybridized carbons (Fsp3) is 0.357. The van der Waals surface area contributed by atoms with Gasteiger partial charge in [0.2, 0.25) is 11.6 Å². The first kappa shape index (κ1) is 13.9. The van der Waals surface area contributed by atoms with Crippen LogP contribution in [0, 0.1) is 6.92 Å². The fourth-order valence-corrected chi connectivity index (χ4v) is 2.90. The first-order chi connectivity index (χ1) is 9.73. The molecule has 7 heteroatoms. The Bertz CT molecular complexity index is 723. The van der Waals surface area contributed by atoms with Crippen molar-refractivity contribution < 1.29 is 23.1 Å². The SMILES string of the molecule is Cc1[nH]c2ccccc2c1[C@@H]1C[C@](O)(C(F)(F)F)NC1=O. The molecule has 0 unspecified atom stereocenters. The Morgan fingerprint density at radius 3 is 2.62 bits per heavy atom. The van der Waals surface area contributed by atoms with Crippen LogP contribution in [0.5, 0.6) is 0 Å². The number of hydrogen-bond acceptors (Lipinski definition) is 2. The smallest absolute Gasteiger partial charge is 0.363 e. The van der Waals surface area contributed by atoms with Gasteiger partial charge in [0.25, 0.3) is 0 Å². The lowest BCUT2D eigenvalue weighted by molar-refractivity contribution is -0.266. The average molecular weight is 298 g/mol. The predicted octanol–water partition coefficient (Wildman–Crippen LogP) is 2.33. The molecule has 1 saturated heterocycles. The van der Waals surface area contributed by atoms with Gasteiger partial charge < -0.3 is 15.4 Å². The van der Waals surface area contributed by atoms with E-state index >= 15 is 0 Å². The Morgan fingerprint density at radius 2 is 2.00 bits per heavy atom. The van der Waals surface area contributed by atoms with Gasteiger partial charge in [0, 0.05) is 23.0 Å². The molecule has 2 atom stereocenters. The minimum absolute atomic E-state index is 0.503. The number of halogens is 3. The van der Waals surface area contributed by atoms with E-state index in [2.05, 4.69) is 4.98 Å². The zero-order valence-electron chi connectivity index (χ0n) is 11.1. The second-order valence-corrected chi connectivity index (χ2v) is 5.31. The van der Waals surface area contributed by atoms with E-state index < -0.39 is 30.1 Å². The lowest BCUT2D eigenvalue weighted by atomic mass is 9.92. The molecule has 112 valence electrons. The van der Waals surface area contributed by atoms with Crippen molar-refractivity contribution in [2.75, 3.05) is 0 Å². The van der Waals surface area contributed by atoms with E-state index in [1.807, 2.05) is 0 Å². The van der Waals surface area contributed by atoms with E-state index in [0.29, 0.717) is 16.6 Å². The van der Waals surface area contributed by atoms with Gasteiger partial charge in [-0.15, -0.1) is 0 Å². The first-order valence-corrected chi connectivity index (χ1v) is 6.41. The number of aryl methyl sites for hydroxylation is 1. The van der Waals surface area contributed by atoms with Crippen molar-refractivity contribution in [3.63, 3.8) is 0 Å². The maximum atomic E-state index is 12.9. The normalized spacial score (nSPS) is 26.3. The van der Waals surface area contributed by atoms with Gasteiger partial charge in [0.1, 0.15) is 0 Å². The van der Waals surface area contributed by atoms with Crippen molar-refractivity contribution in [2.45, 2.75) is 31.2 Å². The highest BCUT2D eigenvalue weighted by molar-refractivity contribution is 5.94. The summed E-state index contributed by atoms with van der Waals surface area (Å²) in [4.78, 5) is 15.0. The van der Waals surface area contributed by atoms with Crippen LogP contribution in [-0.4, -0.2) is 27.9 Å². The third-order valence-corrected chi connectivity index (χ3v) is 3.91. The number of carbonyl (C=O) groups excluding carboxylic acids is 1. The number of aromatic nitrogens is 1. The molecule has 2 heterocycles. The molecule has 0 spiro atoms. The topological polar surface area (TPSA) is 65.1 Å². The summed E-state index contributed by atoms with van der Waals surface area (Å²) in [6, 6.07) is 7.08. The van der Waals surface area contributed by atoms with Crippen LogP contribution in [0.4, 0.5) is 13.2 Å². The third-order valence-electron chi connectivity index (χ3n) is 3.91. The lowest BCUT2D eigenvalue weighted by Crippen LogP contribution is -2.53. The van der Waals surface area contributed by atoms with E-state index in [0.717, 1.165) is 5.52 Å². The van der Waals surface area contributed by atoms with Crippen molar-refractivity contribution in [1.29, 1.82) is 0 Å². The summed E-state index contributed by atoms with van der Waals surface area (Å²) in [5.41, 5.74) is -1.29. The Balaban J connectivity index is 2.08. The Hall–Kier alpha value is -2.02. The van der Waals surface area contributed by atoms with Crippen molar-refractivity contribution in [3.8, 4) is 0 Å². The molecule has 1 aromatic carbocycles. The minimum atomic E-state index is -4.91. The fourth-order valence-electron chi connectivity index (χ4n) is 2.90. The van der Waals surface area contributed by atoms with Crippen LogP contribution < -0.4 is 5.32 Å². The average Bonchev–Trinajstić information content (AvgIpc) is 2.85. The standard InChI is InChI=1S/C14H13F3N2O2/c1-7-11(8-4-2-3-5-10(8)18-7)9-6-13(21,14(15,16)17)19-12(9)20/h2-5,9,18,21H,6H2,1H3,(H,19,20)/t9-,13-/m0/s1. The Kier molecular flexibility index (Phi) is 2.81. The van der Waals surface area contributed by atoms with Crippen LogP contribution in [0.25, 0.3) is 10.9 Å². The molecule has 2 aromatic rings. The molecule has 0 bridgehead atoms. The summed E-state index contributed by atoms with van der Waals surface area (Å²) in [7, 11) is 0. The van der Waals surface area contributed by atoms with E-state index in [4.69, 9.17) is 0 Å². The summed E-state index contributed by atoms with van der Waals surface area (Å²) in [5.74, 6) is -1.85. The monoisotopic (exact) mass is 298 g/mol. The molecule has 0 aliphatic carbocycles. The predicted molar refractivity (Wildman–Crippen MR) is 69.5 cm³/mol. The second kappa shape index (κ2) is 4.24. The highest BCUT2D eigenvalue weighted by Gasteiger charge is 2.61. The second-order valence-electron chi connectivity index (χ2n) is 5.31. The molecule has 1 aliphatic heterocycles. The molecule has 1 aromatic heterocycles. The highest BCUT2D eigenvalue weighted by Crippen LogP contribution is 2.43.